The molecule has 1 N–H and O–H groups in total. The lowest BCUT2D eigenvalue weighted by Gasteiger charge is -2.40. The molecule has 2 heterocycles. The van der Waals surface area contributed by atoms with Crippen LogP contribution in [0, 0.1) is 0 Å². The molecule has 4 atom stereocenters. The summed E-state index contributed by atoms with van der Waals surface area (Å²) in [5, 5.41) is 0. The van der Waals surface area contributed by atoms with E-state index in [1.54, 1.807) is 0 Å². The normalized spacial score (nSPS) is 18.2. The number of aromatic amines is 1. The minimum Gasteiger partial charge on any atom is -0.358 e. The van der Waals surface area contributed by atoms with Crippen LogP contribution in [0.1, 0.15) is 45.2 Å². The molecule has 1 saturated heterocycles. The monoisotopic (exact) mass is 910 g/mol. The maximum absolute atomic E-state index is 14.0. The zero-order valence-electron chi connectivity index (χ0n) is 33.6. The molecular weight excluding hydrogens is 869 g/mol. The molecule has 62 heavy (non-hydrogen) atoms. The van der Waals surface area contributed by atoms with Gasteiger partial charge in [-0.3, -0.25) is 18.5 Å². The first-order valence-electron chi connectivity index (χ1n) is 19.9. The van der Waals surface area contributed by atoms with Gasteiger partial charge in [-0.1, -0.05) is 198 Å². The molecule has 8 rings (SSSR count). The molecular formula is C50H43BrN2O8S. The summed E-state index contributed by atoms with van der Waals surface area (Å²) < 4.78 is 56.0. The third kappa shape index (κ3) is 8.58. The summed E-state index contributed by atoms with van der Waals surface area (Å²) in [5.74, 6) is 0. The minimum absolute atomic E-state index is 0.126. The lowest BCUT2D eigenvalue weighted by Crippen LogP contribution is -2.47. The zero-order chi connectivity index (χ0) is 43.2. The molecule has 7 aromatic rings. The Morgan fingerprint density at radius 1 is 0.629 bits per heavy atom. The highest BCUT2D eigenvalue weighted by Gasteiger charge is 2.55. The smallest absolute Gasteiger partial charge is 0.330 e. The summed E-state index contributed by atoms with van der Waals surface area (Å²) in [6.45, 7) is -0.253. The summed E-state index contributed by atoms with van der Waals surface area (Å²) in [4.78, 5) is 31.0. The fourth-order valence-electron chi connectivity index (χ4n) is 8.29. The van der Waals surface area contributed by atoms with Gasteiger partial charge in [0.25, 0.3) is 15.7 Å². The second-order valence-electron chi connectivity index (χ2n) is 14.8. The van der Waals surface area contributed by atoms with E-state index in [9.17, 15) is 18.0 Å². The molecule has 10 nitrogen and oxygen atoms in total. The van der Waals surface area contributed by atoms with Crippen LogP contribution in [0.3, 0.4) is 0 Å². The van der Waals surface area contributed by atoms with Crippen LogP contribution in [-0.4, -0.2) is 49.1 Å². The van der Waals surface area contributed by atoms with Crippen molar-refractivity contribution in [3.63, 3.8) is 0 Å². The molecule has 0 saturated carbocycles. The molecule has 12 heteroatoms. The van der Waals surface area contributed by atoms with Crippen molar-refractivity contribution in [1.29, 1.82) is 0 Å². The van der Waals surface area contributed by atoms with Gasteiger partial charge in [-0.15, -0.1) is 0 Å². The van der Waals surface area contributed by atoms with E-state index in [1.165, 1.54) is 21.8 Å². The van der Waals surface area contributed by atoms with Gasteiger partial charge in [0, 0.05) is 6.20 Å². The maximum atomic E-state index is 14.0. The molecule has 0 spiro atoms. The Hall–Kier alpha value is -5.99. The van der Waals surface area contributed by atoms with E-state index in [0.717, 1.165) is 22.9 Å². The van der Waals surface area contributed by atoms with E-state index in [2.05, 4.69) is 20.9 Å². The summed E-state index contributed by atoms with van der Waals surface area (Å²) in [7, 11) is -4.25. The Kier molecular flexibility index (Phi) is 12.8. The van der Waals surface area contributed by atoms with Gasteiger partial charge in [-0.2, -0.15) is 8.42 Å². The van der Waals surface area contributed by atoms with Crippen LogP contribution < -0.4 is 11.2 Å². The Bertz CT molecular complexity index is 2630. The predicted octanol–water partition coefficient (Wildman–Crippen LogP) is 8.53. The Morgan fingerprint density at radius 3 is 1.39 bits per heavy atom. The number of aromatic nitrogens is 2. The largest absolute Gasteiger partial charge is 0.358 e. The van der Waals surface area contributed by atoms with Crippen molar-refractivity contribution in [2.45, 2.75) is 35.7 Å². The van der Waals surface area contributed by atoms with Crippen molar-refractivity contribution >= 4 is 32.1 Å². The average Bonchev–Trinajstić information content (AvgIpc) is 3.62. The lowest BCUT2D eigenvalue weighted by molar-refractivity contribution is -0.123. The van der Waals surface area contributed by atoms with Crippen molar-refractivity contribution in [1.82, 2.24) is 9.55 Å². The number of benzene rings is 6. The van der Waals surface area contributed by atoms with Crippen molar-refractivity contribution in [2.24, 2.45) is 0 Å². The van der Waals surface area contributed by atoms with Gasteiger partial charge in [-0.25, -0.2) is 4.79 Å². The van der Waals surface area contributed by atoms with E-state index in [-0.39, 0.29) is 12.2 Å². The first-order valence-corrected chi connectivity index (χ1v) is 22.7. The molecule has 0 aliphatic carbocycles. The molecule has 1 aliphatic rings. The molecule has 6 aromatic carbocycles. The van der Waals surface area contributed by atoms with Gasteiger partial charge >= 0.3 is 5.69 Å². The first-order chi connectivity index (χ1) is 30.1. The van der Waals surface area contributed by atoms with Gasteiger partial charge in [0.1, 0.15) is 29.5 Å². The van der Waals surface area contributed by atoms with Crippen molar-refractivity contribution in [2.75, 3.05) is 12.9 Å². The molecule has 1 fully saturated rings. The Balaban J connectivity index is 1.35. The highest BCUT2D eigenvalue weighted by Crippen LogP contribution is 2.47. The van der Waals surface area contributed by atoms with Crippen molar-refractivity contribution in [3.05, 3.63) is 253 Å². The van der Waals surface area contributed by atoms with E-state index in [1.807, 2.05) is 182 Å². The molecule has 314 valence electrons. The van der Waals surface area contributed by atoms with Crippen LogP contribution in [0.25, 0.3) is 6.08 Å². The SMILES string of the molecule is CS(=O)(=O)O[C@H]1[C@@H](OC(c2ccccc2)(c2ccccc2)c2ccccc2)[C@H](n2cc(C=CBr)c(=O)[nH]c2=O)O[C@@H]1COC(c1ccccc1)(c1ccccc1)c1ccccc1. The first kappa shape index (κ1) is 42.7. The molecule has 0 unspecified atom stereocenters. The third-order valence-corrected chi connectivity index (χ3v) is 11.8. The molecule has 0 radical (unpaired) electrons. The van der Waals surface area contributed by atoms with Gasteiger partial charge in [0.2, 0.25) is 0 Å². The van der Waals surface area contributed by atoms with Crippen LogP contribution in [0.4, 0.5) is 0 Å². The fourth-order valence-corrected chi connectivity index (χ4v) is 9.21. The van der Waals surface area contributed by atoms with Crippen LogP contribution in [-0.2, 0) is 39.7 Å². The second kappa shape index (κ2) is 18.5. The number of hydrogen-bond acceptors (Lipinski definition) is 8. The van der Waals surface area contributed by atoms with Gasteiger partial charge in [0.15, 0.2) is 6.23 Å². The van der Waals surface area contributed by atoms with E-state index in [0.29, 0.717) is 16.7 Å². The number of hydrogen-bond donors (Lipinski definition) is 1. The lowest BCUT2D eigenvalue weighted by atomic mass is 9.79. The van der Waals surface area contributed by atoms with E-state index in [4.69, 9.17) is 18.4 Å². The number of ether oxygens (including phenoxy) is 3. The van der Waals surface area contributed by atoms with E-state index >= 15 is 0 Å². The van der Waals surface area contributed by atoms with Gasteiger partial charge < -0.3 is 14.2 Å². The standard InChI is InChI=1S/C50H43BrN2O8S/c1-62(56,57)61-44-43(35-58-49(37-20-8-2-9-21-37,38-22-10-3-11-23-38)39-24-12-4-13-25-39)59-47(53-34-36(32-33-51)46(54)52-48(53)55)45(44)60-50(40-26-14-5-15-27-40,41-28-16-6-17-29-41)42-30-18-7-19-31-42/h2-34,43-45,47H,35H2,1H3,(H,52,54,55)/t43-,44-,45-,47-/m1/s1. The Morgan fingerprint density at radius 2 is 1.02 bits per heavy atom. The number of nitrogens with one attached hydrogen (secondary N) is 1. The van der Waals surface area contributed by atoms with Gasteiger partial charge in [-0.05, 0) is 44.4 Å². The molecule has 1 aliphatic heterocycles. The van der Waals surface area contributed by atoms with Crippen molar-refractivity contribution in [3.8, 4) is 0 Å². The average molecular weight is 912 g/mol. The number of H-pyrrole nitrogens is 1. The van der Waals surface area contributed by atoms with Crippen LogP contribution in [0.5, 0.6) is 0 Å². The predicted molar refractivity (Wildman–Crippen MR) is 242 cm³/mol. The summed E-state index contributed by atoms with van der Waals surface area (Å²) in [5.41, 5.74) is 0.563. The van der Waals surface area contributed by atoms with E-state index < -0.39 is 57.1 Å². The van der Waals surface area contributed by atoms with Crippen molar-refractivity contribution < 1.29 is 26.8 Å². The Labute approximate surface area is 368 Å². The summed E-state index contributed by atoms with van der Waals surface area (Å²) in [6.07, 6.45) is -1.54. The molecule has 1 aromatic heterocycles. The topological polar surface area (TPSA) is 126 Å². The minimum atomic E-state index is -4.25. The third-order valence-electron chi connectivity index (χ3n) is 10.9. The fraction of sp³-hybridized carbons (Fsp3) is 0.160. The highest BCUT2D eigenvalue weighted by molar-refractivity contribution is 9.11. The highest BCUT2D eigenvalue weighted by atomic mass is 79.9. The quantitative estimate of drug-likeness (QED) is 0.0802. The zero-order valence-corrected chi connectivity index (χ0v) is 36.0. The maximum Gasteiger partial charge on any atom is 0.330 e. The summed E-state index contributed by atoms with van der Waals surface area (Å²) >= 11 is 3.25. The van der Waals surface area contributed by atoms with Crippen LogP contribution in [0.15, 0.2) is 203 Å². The summed E-state index contributed by atoms with van der Waals surface area (Å²) in [6, 6.07) is 57.8. The number of halogens is 1. The molecule has 0 amide bonds. The second-order valence-corrected chi connectivity index (χ2v) is 17.0. The number of rotatable bonds is 15. The number of nitrogens with zero attached hydrogens (tertiary/aromatic N) is 1. The van der Waals surface area contributed by atoms with Crippen LogP contribution in [0.2, 0.25) is 0 Å². The molecule has 0 bridgehead atoms. The van der Waals surface area contributed by atoms with Crippen LogP contribution >= 0.6 is 15.9 Å². The van der Waals surface area contributed by atoms with Gasteiger partial charge in [0.05, 0.1) is 18.4 Å².